The van der Waals surface area contributed by atoms with Crippen LogP contribution < -0.4 is 10.6 Å². The second kappa shape index (κ2) is 6.93. The van der Waals surface area contributed by atoms with Crippen molar-refractivity contribution >= 4 is 46.3 Å². The predicted octanol–water partition coefficient (Wildman–Crippen LogP) is 4.67. The van der Waals surface area contributed by atoms with Crippen molar-refractivity contribution in [3.05, 3.63) is 81.0 Å². The van der Waals surface area contributed by atoms with Crippen LogP contribution in [0.15, 0.2) is 59.8 Å². The number of nitrogens with one attached hydrogen (secondary N) is 2. The number of hydrogen-bond acceptors (Lipinski definition) is 2. The van der Waals surface area contributed by atoms with Crippen molar-refractivity contribution in [3.63, 3.8) is 0 Å². The van der Waals surface area contributed by atoms with Gasteiger partial charge in [0.2, 0.25) is 0 Å². The van der Waals surface area contributed by atoms with E-state index in [4.69, 9.17) is 35.4 Å². The summed E-state index contributed by atoms with van der Waals surface area (Å²) in [4.78, 5) is 13.0. The lowest BCUT2D eigenvalue weighted by Crippen LogP contribution is -2.45. The summed E-state index contributed by atoms with van der Waals surface area (Å²) in [7, 11) is 0. The normalized spacial score (nSPS) is 17.3. The van der Waals surface area contributed by atoms with Crippen LogP contribution >= 0.6 is 35.4 Å². The average molecular weight is 377 g/mol. The molecule has 0 amide bonds. The Morgan fingerprint density at radius 2 is 1.83 bits per heavy atom. The topological polar surface area (TPSA) is 41.1 Å². The first-order chi connectivity index (χ1) is 11.5. The highest BCUT2D eigenvalue weighted by Crippen LogP contribution is 2.34. The van der Waals surface area contributed by atoms with Gasteiger partial charge in [-0.05, 0) is 36.8 Å². The summed E-state index contributed by atoms with van der Waals surface area (Å²) in [5, 5.41) is 7.63. The Labute approximate surface area is 155 Å². The van der Waals surface area contributed by atoms with E-state index in [2.05, 4.69) is 10.6 Å². The summed E-state index contributed by atoms with van der Waals surface area (Å²) in [6.07, 6.45) is 0. The molecule has 0 spiro atoms. The first-order valence-electron chi connectivity index (χ1n) is 7.30. The number of rotatable bonds is 3. The van der Waals surface area contributed by atoms with Crippen molar-refractivity contribution in [1.29, 1.82) is 0 Å². The molecule has 1 aliphatic rings. The van der Waals surface area contributed by atoms with E-state index in [1.165, 1.54) is 0 Å². The minimum absolute atomic E-state index is 0.0772. The van der Waals surface area contributed by atoms with Gasteiger partial charge >= 0.3 is 0 Å². The van der Waals surface area contributed by atoms with Crippen molar-refractivity contribution in [3.8, 4) is 0 Å². The Morgan fingerprint density at radius 3 is 2.50 bits per heavy atom. The van der Waals surface area contributed by atoms with Crippen LogP contribution in [0.1, 0.15) is 28.9 Å². The van der Waals surface area contributed by atoms with Crippen molar-refractivity contribution in [2.24, 2.45) is 0 Å². The molecule has 1 aliphatic heterocycles. The maximum absolute atomic E-state index is 13.0. The van der Waals surface area contributed by atoms with E-state index in [1.54, 1.807) is 24.3 Å². The third-order valence-corrected chi connectivity index (χ3v) is 4.61. The molecule has 2 aromatic rings. The van der Waals surface area contributed by atoms with Gasteiger partial charge < -0.3 is 10.6 Å². The number of carbonyl (C=O) groups is 1. The molecule has 1 heterocycles. The molecule has 0 fully saturated rings. The SMILES string of the molecule is CC1=C(C(=O)c2ccccc2)C(c2ccc(Cl)cc2Cl)NC(=S)N1. The molecule has 0 aliphatic carbocycles. The number of hydrogen-bond donors (Lipinski definition) is 2. The summed E-state index contributed by atoms with van der Waals surface area (Å²) >= 11 is 17.6. The molecule has 0 bridgehead atoms. The number of Topliss-reactive ketones (excluding diaryl/α,β-unsaturated/α-hetero) is 1. The third-order valence-electron chi connectivity index (χ3n) is 3.82. The molecule has 2 N–H and O–H groups in total. The number of allylic oxidation sites excluding steroid dienone is 1. The number of thiocarbonyl (C=S) groups is 1. The van der Waals surface area contributed by atoms with Crippen LogP contribution in [0.25, 0.3) is 0 Å². The minimum atomic E-state index is -0.434. The number of carbonyl (C=O) groups excluding carboxylic acids is 1. The lowest BCUT2D eigenvalue weighted by molar-refractivity contribution is 0.102. The van der Waals surface area contributed by atoms with Crippen molar-refractivity contribution in [2.75, 3.05) is 0 Å². The Bertz CT molecular complexity index is 849. The summed E-state index contributed by atoms with van der Waals surface area (Å²) < 4.78 is 0. The average Bonchev–Trinajstić information content (AvgIpc) is 2.54. The smallest absolute Gasteiger partial charge is 0.193 e. The molecule has 0 saturated carbocycles. The van der Waals surface area contributed by atoms with Gasteiger partial charge in [0, 0.05) is 26.9 Å². The largest absolute Gasteiger partial charge is 0.351 e. The summed E-state index contributed by atoms with van der Waals surface area (Å²) in [5.41, 5.74) is 2.66. The molecular formula is C18H14Cl2N2OS. The second-order valence-corrected chi connectivity index (χ2v) is 6.68. The molecule has 24 heavy (non-hydrogen) atoms. The number of halogens is 2. The standard InChI is InChI=1S/C18H14Cl2N2OS/c1-10-15(17(23)11-5-3-2-4-6-11)16(22-18(24)21-10)13-8-7-12(19)9-14(13)20/h2-9,16H,1H3,(H2,21,22,24). The van der Waals surface area contributed by atoms with Crippen LogP contribution in [-0.2, 0) is 0 Å². The molecule has 122 valence electrons. The first-order valence-corrected chi connectivity index (χ1v) is 8.47. The van der Waals surface area contributed by atoms with Gasteiger partial charge in [-0.15, -0.1) is 0 Å². The molecule has 3 nitrogen and oxygen atoms in total. The minimum Gasteiger partial charge on any atom is -0.351 e. The highest BCUT2D eigenvalue weighted by molar-refractivity contribution is 7.80. The van der Waals surface area contributed by atoms with Crippen molar-refractivity contribution in [1.82, 2.24) is 10.6 Å². The molecule has 0 radical (unpaired) electrons. The monoisotopic (exact) mass is 376 g/mol. The van der Waals surface area contributed by atoms with Gasteiger partial charge in [-0.1, -0.05) is 59.6 Å². The molecule has 0 aromatic heterocycles. The highest BCUT2D eigenvalue weighted by atomic mass is 35.5. The van der Waals surface area contributed by atoms with Gasteiger partial charge in [0.1, 0.15) is 0 Å². The number of benzene rings is 2. The first kappa shape index (κ1) is 17.0. The van der Waals surface area contributed by atoms with Crippen LogP contribution in [0.3, 0.4) is 0 Å². The van der Waals surface area contributed by atoms with E-state index in [0.29, 0.717) is 32.0 Å². The fraction of sp³-hybridized carbons (Fsp3) is 0.111. The van der Waals surface area contributed by atoms with Crippen LogP contribution in [0.2, 0.25) is 10.0 Å². The van der Waals surface area contributed by atoms with Gasteiger partial charge in [0.15, 0.2) is 10.9 Å². The van der Waals surface area contributed by atoms with Crippen molar-refractivity contribution < 1.29 is 4.79 Å². The van der Waals surface area contributed by atoms with Gasteiger partial charge in [-0.2, -0.15) is 0 Å². The lowest BCUT2D eigenvalue weighted by Gasteiger charge is -2.31. The van der Waals surface area contributed by atoms with Crippen LogP contribution in [0.5, 0.6) is 0 Å². The molecule has 1 atom stereocenters. The zero-order valence-corrected chi connectivity index (χ0v) is 15.1. The van der Waals surface area contributed by atoms with Crippen LogP contribution in [-0.4, -0.2) is 10.9 Å². The quantitative estimate of drug-likeness (QED) is 0.603. The Kier molecular flexibility index (Phi) is 4.90. The predicted molar refractivity (Wildman–Crippen MR) is 102 cm³/mol. The zero-order valence-electron chi connectivity index (χ0n) is 12.8. The summed E-state index contributed by atoms with van der Waals surface area (Å²) in [6.45, 7) is 1.83. The summed E-state index contributed by atoms with van der Waals surface area (Å²) in [5.74, 6) is -0.0772. The maximum Gasteiger partial charge on any atom is 0.193 e. The van der Waals surface area contributed by atoms with Crippen molar-refractivity contribution in [2.45, 2.75) is 13.0 Å². The zero-order chi connectivity index (χ0) is 17.3. The molecule has 6 heteroatoms. The van der Waals surface area contributed by atoms with E-state index >= 15 is 0 Å². The van der Waals surface area contributed by atoms with E-state index in [-0.39, 0.29) is 5.78 Å². The molecule has 0 saturated heterocycles. The maximum atomic E-state index is 13.0. The Balaban J connectivity index is 2.10. The van der Waals surface area contributed by atoms with Crippen LogP contribution in [0, 0.1) is 0 Å². The van der Waals surface area contributed by atoms with E-state index in [0.717, 1.165) is 5.56 Å². The Hall–Kier alpha value is -1.88. The second-order valence-electron chi connectivity index (χ2n) is 5.43. The van der Waals surface area contributed by atoms with Gasteiger partial charge in [-0.3, -0.25) is 4.79 Å². The van der Waals surface area contributed by atoms with E-state index in [1.807, 2.05) is 31.2 Å². The third kappa shape index (κ3) is 3.31. The molecular weight excluding hydrogens is 363 g/mol. The highest BCUT2D eigenvalue weighted by Gasteiger charge is 2.31. The molecule has 3 rings (SSSR count). The number of ketones is 1. The van der Waals surface area contributed by atoms with Crippen LogP contribution in [0.4, 0.5) is 0 Å². The molecule has 2 aromatic carbocycles. The Morgan fingerprint density at radius 1 is 1.12 bits per heavy atom. The van der Waals surface area contributed by atoms with E-state index in [9.17, 15) is 4.79 Å². The lowest BCUT2D eigenvalue weighted by atomic mass is 9.89. The fourth-order valence-electron chi connectivity index (χ4n) is 2.71. The van der Waals surface area contributed by atoms with E-state index < -0.39 is 6.04 Å². The van der Waals surface area contributed by atoms with Gasteiger partial charge in [-0.25, -0.2) is 0 Å². The van der Waals surface area contributed by atoms with Gasteiger partial charge in [0.25, 0.3) is 0 Å². The summed E-state index contributed by atoms with van der Waals surface area (Å²) in [6, 6.07) is 13.9. The fourth-order valence-corrected chi connectivity index (χ4v) is 3.50. The van der Waals surface area contributed by atoms with Gasteiger partial charge in [0.05, 0.1) is 6.04 Å². The molecule has 1 unspecified atom stereocenters.